The molecule has 5 nitrogen and oxygen atoms in total. The van der Waals surface area contributed by atoms with Crippen LogP contribution < -0.4 is 4.90 Å². The van der Waals surface area contributed by atoms with Gasteiger partial charge < -0.3 is 10.0 Å². The van der Waals surface area contributed by atoms with E-state index in [-0.39, 0.29) is 5.75 Å². The number of piperazine rings is 1. The third kappa shape index (κ3) is 3.80. The van der Waals surface area contributed by atoms with Crippen LogP contribution in [0.5, 0.6) is 5.75 Å². The highest BCUT2D eigenvalue weighted by Gasteiger charge is 2.17. The van der Waals surface area contributed by atoms with Crippen LogP contribution in [0.15, 0.2) is 53.8 Å². The van der Waals surface area contributed by atoms with Crippen LogP contribution in [0.1, 0.15) is 18.9 Å². The second-order valence-electron chi connectivity index (χ2n) is 5.58. The number of aromatic nitrogens is 1. The maximum Gasteiger partial charge on any atom is 0.128 e. The fourth-order valence-electron chi connectivity index (χ4n) is 2.72. The van der Waals surface area contributed by atoms with Gasteiger partial charge in [0.05, 0.1) is 18.8 Å². The van der Waals surface area contributed by atoms with Gasteiger partial charge in [0, 0.05) is 19.3 Å². The van der Waals surface area contributed by atoms with E-state index >= 15 is 0 Å². The standard InChI is InChI=1S/C18H22N4O/c1-2-17(15-6-8-16(23)9-7-15)20-22-13-11-21(12-14-22)18-5-3-4-10-19-18/h3-10,23H,2,11-14H2,1H3/b20-17+. The Labute approximate surface area is 136 Å². The molecule has 1 aliphatic heterocycles. The second-order valence-corrected chi connectivity index (χ2v) is 5.58. The Morgan fingerprint density at radius 2 is 1.83 bits per heavy atom. The number of phenolic OH excluding ortho intramolecular Hbond substituents is 1. The van der Waals surface area contributed by atoms with E-state index < -0.39 is 0 Å². The van der Waals surface area contributed by atoms with Crippen LogP contribution >= 0.6 is 0 Å². The molecular formula is C18H22N4O. The zero-order valence-corrected chi connectivity index (χ0v) is 13.4. The predicted octanol–water partition coefficient (Wildman–Crippen LogP) is 2.72. The molecule has 0 bridgehead atoms. The summed E-state index contributed by atoms with van der Waals surface area (Å²) in [5.41, 5.74) is 2.12. The van der Waals surface area contributed by atoms with Crippen molar-refractivity contribution >= 4 is 11.5 Å². The molecule has 0 unspecified atom stereocenters. The Hall–Kier alpha value is -2.56. The number of anilines is 1. The van der Waals surface area contributed by atoms with E-state index in [4.69, 9.17) is 5.10 Å². The Morgan fingerprint density at radius 1 is 1.09 bits per heavy atom. The zero-order valence-electron chi connectivity index (χ0n) is 13.4. The lowest BCUT2D eigenvalue weighted by molar-refractivity contribution is 0.269. The predicted molar refractivity (Wildman–Crippen MR) is 93.0 cm³/mol. The van der Waals surface area contributed by atoms with Crippen molar-refractivity contribution in [2.24, 2.45) is 5.10 Å². The van der Waals surface area contributed by atoms with Gasteiger partial charge in [0.15, 0.2) is 0 Å². The molecule has 0 amide bonds. The maximum absolute atomic E-state index is 9.41. The molecule has 1 aromatic heterocycles. The van der Waals surface area contributed by atoms with Gasteiger partial charge in [-0.2, -0.15) is 5.10 Å². The van der Waals surface area contributed by atoms with Crippen LogP contribution in [0.4, 0.5) is 5.82 Å². The molecule has 1 N–H and O–H groups in total. The first-order valence-electron chi connectivity index (χ1n) is 8.04. The van der Waals surface area contributed by atoms with Crippen molar-refractivity contribution in [1.29, 1.82) is 0 Å². The summed E-state index contributed by atoms with van der Waals surface area (Å²) in [6.07, 6.45) is 2.70. The van der Waals surface area contributed by atoms with Gasteiger partial charge in [0.25, 0.3) is 0 Å². The Morgan fingerprint density at radius 3 is 2.43 bits per heavy atom. The van der Waals surface area contributed by atoms with Crippen LogP contribution in [0.2, 0.25) is 0 Å². The molecule has 120 valence electrons. The van der Waals surface area contributed by atoms with Gasteiger partial charge in [-0.05, 0) is 48.4 Å². The van der Waals surface area contributed by atoms with Crippen molar-refractivity contribution in [1.82, 2.24) is 9.99 Å². The summed E-state index contributed by atoms with van der Waals surface area (Å²) >= 11 is 0. The average Bonchev–Trinajstić information content (AvgIpc) is 2.62. The lowest BCUT2D eigenvalue weighted by Gasteiger charge is -2.34. The highest BCUT2D eigenvalue weighted by Crippen LogP contribution is 2.15. The third-order valence-electron chi connectivity index (χ3n) is 4.03. The van der Waals surface area contributed by atoms with E-state index in [2.05, 4.69) is 21.8 Å². The lowest BCUT2D eigenvalue weighted by atomic mass is 10.1. The topological polar surface area (TPSA) is 52.0 Å². The van der Waals surface area contributed by atoms with E-state index in [1.807, 2.05) is 36.5 Å². The molecule has 0 aliphatic carbocycles. The molecule has 0 radical (unpaired) electrons. The van der Waals surface area contributed by atoms with Crippen molar-refractivity contribution in [3.05, 3.63) is 54.2 Å². The summed E-state index contributed by atoms with van der Waals surface area (Å²) in [5.74, 6) is 1.32. The highest BCUT2D eigenvalue weighted by molar-refractivity contribution is 6.00. The molecule has 1 fully saturated rings. The number of hydrogen-bond donors (Lipinski definition) is 1. The number of pyridine rings is 1. The normalized spacial score (nSPS) is 15.8. The zero-order chi connectivity index (χ0) is 16.1. The molecule has 2 aromatic rings. The first-order valence-corrected chi connectivity index (χ1v) is 8.04. The van der Waals surface area contributed by atoms with E-state index in [0.29, 0.717) is 0 Å². The number of benzene rings is 1. The van der Waals surface area contributed by atoms with Crippen LogP contribution in [-0.4, -0.2) is 47.0 Å². The van der Waals surface area contributed by atoms with Gasteiger partial charge in [-0.25, -0.2) is 4.98 Å². The molecule has 0 atom stereocenters. The molecule has 5 heteroatoms. The molecular weight excluding hydrogens is 288 g/mol. The molecule has 2 heterocycles. The quantitative estimate of drug-likeness (QED) is 0.882. The minimum absolute atomic E-state index is 0.285. The fourth-order valence-corrected chi connectivity index (χ4v) is 2.72. The van der Waals surface area contributed by atoms with E-state index in [1.165, 1.54) is 0 Å². The van der Waals surface area contributed by atoms with Crippen LogP contribution in [0.25, 0.3) is 0 Å². The number of phenols is 1. The Bertz CT molecular complexity index is 646. The third-order valence-corrected chi connectivity index (χ3v) is 4.03. The van der Waals surface area contributed by atoms with Crippen LogP contribution in [0.3, 0.4) is 0 Å². The van der Waals surface area contributed by atoms with Gasteiger partial charge in [-0.15, -0.1) is 0 Å². The average molecular weight is 310 g/mol. The van der Waals surface area contributed by atoms with Crippen molar-refractivity contribution in [3.8, 4) is 5.75 Å². The molecule has 1 aliphatic rings. The first-order chi connectivity index (χ1) is 11.3. The van der Waals surface area contributed by atoms with Crippen LogP contribution in [0, 0.1) is 0 Å². The van der Waals surface area contributed by atoms with Gasteiger partial charge >= 0.3 is 0 Å². The monoisotopic (exact) mass is 310 g/mol. The molecule has 0 spiro atoms. The summed E-state index contributed by atoms with van der Waals surface area (Å²) in [5, 5.41) is 16.3. The molecule has 0 saturated carbocycles. The molecule has 3 rings (SSSR count). The number of rotatable bonds is 4. The van der Waals surface area contributed by atoms with Crippen molar-refractivity contribution in [2.75, 3.05) is 31.1 Å². The minimum atomic E-state index is 0.285. The summed E-state index contributed by atoms with van der Waals surface area (Å²) in [6.45, 7) is 5.73. The number of hydrazone groups is 1. The number of hydrogen-bond acceptors (Lipinski definition) is 5. The fraction of sp³-hybridized carbons (Fsp3) is 0.333. The molecule has 23 heavy (non-hydrogen) atoms. The van der Waals surface area contributed by atoms with Crippen molar-refractivity contribution in [2.45, 2.75) is 13.3 Å². The molecule has 1 saturated heterocycles. The second kappa shape index (κ2) is 7.13. The van der Waals surface area contributed by atoms with Crippen LogP contribution in [-0.2, 0) is 0 Å². The lowest BCUT2D eigenvalue weighted by Crippen LogP contribution is -2.44. The van der Waals surface area contributed by atoms with E-state index in [9.17, 15) is 5.11 Å². The summed E-state index contributed by atoms with van der Waals surface area (Å²) in [4.78, 5) is 6.70. The summed E-state index contributed by atoms with van der Waals surface area (Å²) in [6, 6.07) is 13.3. The van der Waals surface area contributed by atoms with Gasteiger partial charge in [0.1, 0.15) is 11.6 Å². The number of nitrogens with zero attached hydrogens (tertiary/aromatic N) is 4. The Balaban J connectivity index is 1.65. The van der Waals surface area contributed by atoms with Gasteiger partial charge in [-0.3, -0.25) is 5.01 Å². The SMILES string of the molecule is CC/C(=N\N1CCN(c2ccccn2)CC1)c1ccc(O)cc1. The van der Waals surface area contributed by atoms with E-state index in [0.717, 1.165) is 49.7 Å². The van der Waals surface area contributed by atoms with Crippen molar-refractivity contribution < 1.29 is 5.11 Å². The number of aromatic hydroxyl groups is 1. The summed E-state index contributed by atoms with van der Waals surface area (Å²) in [7, 11) is 0. The van der Waals surface area contributed by atoms with Crippen molar-refractivity contribution in [3.63, 3.8) is 0 Å². The largest absolute Gasteiger partial charge is 0.508 e. The summed E-state index contributed by atoms with van der Waals surface area (Å²) < 4.78 is 0. The van der Waals surface area contributed by atoms with Gasteiger partial charge in [-0.1, -0.05) is 13.0 Å². The first kappa shape index (κ1) is 15.3. The Kier molecular flexibility index (Phi) is 4.76. The van der Waals surface area contributed by atoms with E-state index in [1.54, 1.807) is 12.1 Å². The smallest absolute Gasteiger partial charge is 0.128 e. The molecule has 1 aromatic carbocycles. The minimum Gasteiger partial charge on any atom is -0.508 e. The maximum atomic E-state index is 9.41. The highest BCUT2D eigenvalue weighted by atomic mass is 16.3. The van der Waals surface area contributed by atoms with Gasteiger partial charge in [0.2, 0.25) is 0 Å².